The molecule has 1 aliphatic heterocycles. The van der Waals surface area contributed by atoms with E-state index in [0.717, 1.165) is 37.4 Å². The van der Waals surface area contributed by atoms with E-state index in [-0.39, 0.29) is 5.91 Å². The molecule has 1 saturated heterocycles. The average Bonchev–Trinajstić information content (AvgIpc) is 3.04. The smallest absolute Gasteiger partial charge is 0.274 e. The topological polar surface area (TPSA) is 56.0 Å². The van der Waals surface area contributed by atoms with E-state index in [0.29, 0.717) is 11.7 Å². The lowest BCUT2D eigenvalue weighted by Crippen LogP contribution is -2.41. The van der Waals surface area contributed by atoms with Gasteiger partial charge in [0.15, 0.2) is 0 Å². The lowest BCUT2D eigenvalue weighted by atomic mass is 10.0. The lowest BCUT2D eigenvalue weighted by Gasteiger charge is -2.34. The Morgan fingerprint density at radius 2 is 2.19 bits per heavy atom. The molecule has 0 saturated carbocycles. The molecule has 6 heteroatoms. The molecule has 21 heavy (non-hydrogen) atoms. The summed E-state index contributed by atoms with van der Waals surface area (Å²) < 4.78 is 3.91. The number of imidazole rings is 1. The minimum absolute atomic E-state index is 0.0238. The Hall–Kier alpha value is -2.11. The summed E-state index contributed by atoms with van der Waals surface area (Å²) in [5.74, 6) is 1.04. The van der Waals surface area contributed by atoms with E-state index in [9.17, 15) is 4.79 Å². The highest BCUT2D eigenvalue weighted by atomic mass is 16.2. The second-order valence-electron chi connectivity index (χ2n) is 5.74. The SMILES string of the molecule is Cc1cnc(C)n1C1CCCN(C(=O)c2ccn(C)n2)C1. The zero-order valence-electron chi connectivity index (χ0n) is 12.8. The van der Waals surface area contributed by atoms with E-state index >= 15 is 0 Å². The summed E-state index contributed by atoms with van der Waals surface area (Å²) in [6.07, 6.45) is 5.80. The van der Waals surface area contributed by atoms with Gasteiger partial charge in [-0.2, -0.15) is 5.10 Å². The molecule has 1 fully saturated rings. The Bertz CT molecular complexity index is 637. The predicted molar refractivity (Wildman–Crippen MR) is 79.1 cm³/mol. The Balaban J connectivity index is 1.78. The number of likely N-dealkylation sites (tertiary alicyclic amines) is 1. The van der Waals surface area contributed by atoms with Gasteiger partial charge in [0.2, 0.25) is 0 Å². The molecule has 0 spiro atoms. The van der Waals surface area contributed by atoms with Gasteiger partial charge >= 0.3 is 0 Å². The number of aromatic nitrogens is 4. The Morgan fingerprint density at radius 3 is 2.81 bits per heavy atom. The van der Waals surface area contributed by atoms with Crippen LogP contribution in [0.4, 0.5) is 0 Å². The molecule has 112 valence electrons. The van der Waals surface area contributed by atoms with Crippen LogP contribution in [0, 0.1) is 13.8 Å². The van der Waals surface area contributed by atoms with Crippen molar-refractivity contribution in [3.8, 4) is 0 Å². The van der Waals surface area contributed by atoms with Crippen molar-refractivity contribution in [3.63, 3.8) is 0 Å². The van der Waals surface area contributed by atoms with Crippen molar-refractivity contribution in [1.29, 1.82) is 0 Å². The molecule has 1 atom stereocenters. The maximum Gasteiger partial charge on any atom is 0.274 e. The van der Waals surface area contributed by atoms with Gasteiger partial charge in [0.05, 0.1) is 6.04 Å². The minimum atomic E-state index is 0.0238. The number of hydrogen-bond donors (Lipinski definition) is 0. The predicted octanol–water partition coefficient (Wildman–Crippen LogP) is 1.71. The van der Waals surface area contributed by atoms with E-state index in [4.69, 9.17) is 0 Å². The van der Waals surface area contributed by atoms with Gasteiger partial charge in [-0.3, -0.25) is 9.48 Å². The second-order valence-corrected chi connectivity index (χ2v) is 5.74. The fourth-order valence-electron chi connectivity index (χ4n) is 3.16. The van der Waals surface area contributed by atoms with Gasteiger partial charge in [-0.05, 0) is 32.8 Å². The molecule has 1 unspecified atom stereocenters. The fraction of sp³-hybridized carbons (Fsp3) is 0.533. The molecule has 6 nitrogen and oxygen atoms in total. The third-order valence-corrected chi connectivity index (χ3v) is 4.15. The molecule has 1 aliphatic rings. The number of rotatable bonds is 2. The summed E-state index contributed by atoms with van der Waals surface area (Å²) in [4.78, 5) is 18.8. The number of hydrogen-bond acceptors (Lipinski definition) is 3. The molecule has 3 rings (SSSR count). The van der Waals surface area contributed by atoms with E-state index in [1.807, 2.05) is 25.1 Å². The van der Waals surface area contributed by atoms with Gasteiger partial charge in [-0.25, -0.2) is 4.98 Å². The van der Waals surface area contributed by atoms with E-state index in [2.05, 4.69) is 21.6 Å². The Morgan fingerprint density at radius 1 is 1.38 bits per heavy atom. The molecular formula is C15H21N5O. The lowest BCUT2D eigenvalue weighted by molar-refractivity contribution is 0.0670. The first kappa shape index (κ1) is 13.9. The molecule has 1 amide bonds. The quantitative estimate of drug-likeness (QED) is 0.845. The number of carbonyl (C=O) groups is 1. The summed E-state index contributed by atoms with van der Waals surface area (Å²) in [5, 5.41) is 4.22. The average molecular weight is 287 g/mol. The van der Waals surface area contributed by atoms with Crippen LogP contribution >= 0.6 is 0 Å². The van der Waals surface area contributed by atoms with Gasteiger partial charge in [0, 0.05) is 38.2 Å². The summed E-state index contributed by atoms with van der Waals surface area (Å²) in [7, 11) is 1.83. The van der Waals surface area contributed by atoms with Crippen LogP contribution in [0.2, 0.25) is 0 Å². The van der Waals surface area contributed by atoms with Crippen LogP contribution in [0.25, 0.3) is 0 Å². The first-order chi connectivity index (χ1) is 10.1. The third-order valence-electron chi connectivity index (χ3n) is 4.15. The van der Waals surface area contributed by atoms with Gasteiger partial charge in [0.1, 0.15) is 11.5 Å². The number of piperidine rings is 1. The molecule has 0 aromatic carbocycles. The van der Waals surface area contributed by atoms with Crippen LogP contribution in [-0.2, 0) is 7.05 Å². The summed E-state index contributed by atoms with van der Waals surface area (Å²) in [6, 6.07) is 2.09. The van der Waals surface area contributed by atoms with Gasteiger partial charge < -0.3 is 9.47 Å². The molecule has 0 bridgehead atoms. The van der Waals surface area contributed by atoms with E-state index in [1.165, 1.54) is 0 Å². The van der Waals surface area contributed by atoms with Crippen LogP contribution in [0.15, 0.2) is 18.5 Å². The standard InChI is InChI=1S/C15H21N5O/c1-11-9-16-12(2)20(11)13-5-4-7-19(10-13)15(21)14-6-8-18(3)17-14/h6,8-9,13H,4-5,7,10H2,1-3H3. The van der Waals surface area contributed by atoms with Crippen molar-refractivity contribution >= 4 is 5.91 Å². The van der Waals surface area contributed by atoms with Crippen LogP contribution in [0.1, 0.15) is 40.9 Å². The van der Waals surface area contributed by atoms with Crippen molar-refractivity contribution in [2.75, 3.05) is 13.1 Å². The second kappa shape index (κ2) is 5.35. The minimum Gasteiger partial charge on any atom is -0.335 e. The van der Waals surface area contributed by atoms with E-state index < -0.39 is 0 Å². The normalized spacial score (nSPS) is 19.0. The summed E-state index contributed by atoms with van der Waals surface area (Å²) in [5.41, 5.74) is 1.68. The van der Waals surface area contributed by atoms with Crippen LogP contribution in [0.5, 0.6) is 0 Å². The van der Waals surface area contributed by atoms with E-state index in [1.54, 1.807) is 16.9 Å². The zero-order chi connectivity index (χ0) is 15.0. The van der Waals surface area contributed by atoms with Crippen molar-refractivity contribution < 1.29 is 4.79 Å². The van der Waals surface area contributed by atoms with Crippen molar-refractivity contribution in [1.82, 2.24) is 24.2 Å². The number of amides is 1. The molecule has 0 radical (unpaired) electrons. The summed E-state index contributed by atoms with van der Waals surface area (Å²) >= 11 is 0. The first-order valence-corrected chi connectivity index (χ1v) is 7.35. The molecule has 0 N–H and O–H groups in total. The largest absolute Gasteiger partial charge is 0.335 e. The van der Waals surface area contributed by atoms with Gasteiger partial charge in [0.25, 0.3) is 5.91 Å². The van der Waals surface area contributed by atoms with Crippen LogP contribution < -0.4 is 0 Å². The number of carbonyl (C=O) groups excluding carboxylic acids is 1. The molecular weight excluding hydrogens is 266 g/mol. The van der Waals surface area contributed by atoms with Crippen LogP contribution in [0.3, 0.4) is 0 Å². The van der Waals surface area contributed by atoms with Crippen LogP contribution in [-0.4, -0.2) is 43.2 Å². The third kappa shape index (κ3) is 2.57. The fourth-order valence-corrected chi connectivity index (χ4v) is 3.16. The molecule has 0 aliphatic carbocycles. The monoisotopic (exact) mass is 287 g/mol. The molecule has 2 aromatic rings. The van der Waals surface area contributed by atoms with Crippen molar-refractivity contribution in [2.45, 2.75) is 32.7 Å². The Kier molecular flexibility index (Phi) is 3.53. The zero-order valence-corrected chi connectivity index (χ0v) is 12.8. The molecule has 3 heterocycles. The molecule has 2 aromatic heterocycles. The van der Waals surface area contributed by atoms with Gasteiger partial charge in [-0.1, -0.05) is 0 Å². The number of aryl methyl sites for hydroxylation is 3. The van der Waals surface area contributed by atoms with Crippen molar-refractivity contribution in [2.24, 2.45) is 7.05 Å². The highest BCUT2D eigenvalue weighted by molar-refractivity contribution is 5.92. The van der Waals surface area contributed by atoms with Crippen molar-refractivity contribution in [3.05, 3.63) is 35.7 Å². The number of nitrogens with zero attached hydrogens (tertiary/aromatic N) is 5. The first-order valence-electron chi connectivity index (χ1n) is 7.35. The van der Waals surface area contributed by atoms with Gasteiger partial charge in [-0.15, -0.1) is 0 Å². The highest BCUT2D eigenvalue weighted by Gasteiger charge is 2.27. The Labute approximate surface area is 124 Å². The maximum absolute atomic E-state index is 12.5. The summed E-state index contributed by atoms with van der Waals surface area (Å²) in [6.45, 7) is 5.62. The highest BCUT2D eigenvalue weighted by Crippen LogP contribution is 2.25. The maximum atomic E-state index is 12.5.